The van der Waals surface area contributed by atoms with Gasteiger partial charge in [-0.1, -0.05) is 23.7 Å². The number of carboxylic acid groups (broad SMARTS) is 1. The Bertz CT molecular complexity index is 842. The quantitative estimate of drug-likeness (QED) is 0.876. The standard InChI is InChI=1S/C17H19ClN4O3/c1-10(19-17(24)25)12-8-11-4-3-5-13(18)15(11)20-16(12)22-7-6-21(2)14(23)9-22/h3-5,8,10,19H,6-7,9H2,1-2H3,(H,24,25). The average molecular weight is 363 g/mol. The Morgan fingerprint density at radius 1 is 1.40 bits per heavy atom. The Hall–Kier alpha value is -2.54. The Kier molecular flexibility index (Phi) is 4.67. The van der Waals surface area contributed by atoms with Crippen LogP contribution >= 0.6 is 11.6 Å². The van der Waals surface area contributed by atoms with Gasteiger partial charge in [-0.25, -0.2) is 9.78 Å². The SMILES string of the molecule is CC(NC(=O)O)c1cc2cccc(Cl)c2nc1N1CCN(C)C(=O)C1. The Labute approximate surface area is 150 Å². The van der Waals surface area contributed by atoms with Gasteiger partial charge in [-0.15, -0.1) is 0 Å². The lowest BCUT2D eigenvalue weighted by Gasteiger charge is -2.34. The summed E-state index contributed by atoms with van der Waals surface area (Å²) < 4.78 is 0. The van der Waals surface area contributed by atoms with Gasteiger partial charge in [0, 0.05) is 31.1 Å². The number of nitrogens with zero attached hydrogens (tertiary/aromatic N) is 3. The summed E-state index contributed by atoms with van der Waals surface area (Å²) in [6, 6.07) is 6.87. The molecule has 0 bridgehead atoms. The number of para-hydroxylation sites is 1. The largest absolute Gasteiger partial charge is 0.465 e. The van der Waals surface area contributed by atoms with E-state index in [0.29, 0.717) is 29.4 Å². The average Bonchev–Trinajstić information content (AvgIpc) is 2.56. The molecule has 1 aromatic heterocycles. The van der Waals surface area contributed by atoms with Crippen molar-refractivity contribution in [1.29, 1.82) is 0 Å². The van der Waals surface area contributed by atoms with Crippen molar-refractivity contribution in [2.75, 3.05) is 31.6 Å². The van der Waals surface area contributed by atoms with Crippen LogP contribution in [0.25, 0.3) is 10.9 Å². The van der Waals surface area contributed by atoms with Crippen LogP contribution in [0.2, 0.25) is 5.02 Å². The molecule has 2 aromatic rings. The molecule has 0 saturated carbocycles. The number of carbonyl (C=O) groups is 2. The minimum Gasteiger partial charge on any atom is -0.465 e. The monoisotopic (exact) mass is 362 g/mol. The number of piperazine rings is 1. The summed E-state index contributed by atoms with van der Waals surface area (Å²) in [7, 11) is 1.76. The van der Waals surface area contributed by atoms with Crippen LogP contribution in [0.3, 0.4) is 0 Å². The van der Waals surface area contributed by atoms with Crippen molar-refractivity contribution in [3.8, 4) is 0 Å². The van der Waals surface area contributed by atoms with Gasteiger partial charge in [-0.05, 0) is 19.1 Å². The number of amides is 2. The van der Waals surface area contributed by atoms with Crippen LogP contribution in [-0.4, -0.2) is 53.7 Å². The third-order valence-electron chi connectivity index (χ3n) is 4.37. The minimum atomic E-state index is -1.11. The molecular weight excluding hydrogens is 344 g/mol. The van der Waals surface area contributed by atoms with Gasteiger partial charge in [-0.3, -0.25) is 4.79 Å². The van der Waals surface area contributed by atoms with E-state index in [9.17, 15) is 9.59 Å². The molecule has 0 aliphatic carbocycles. The zero-order valence-electron chi connectivity index (χ0n) is 14.0. The molecule has 25 heavy (non-hydrogen) atoms. The number of likely N-dealkylation sites (N-methyl/N-ethyl adjacent to an activating group) is 1. The van der Waals surface area contributed by atoms with E-state index in [0.717, 1.165) is 10.9 Å². The third kappa shape index (κ3) is 3.46. The molecular formula is C17H19ClN4O3. The second-order valence-electron chi connectivity index (χ2n) is 6.12. The van der Waals surface area contributed by atoms with E-state index in [2.05, 4.69) is 10.3 Å². The first-order chi connectivity index (χ1) is 11.9. The summed E-state index contributed by atoms with van der Waals surface area (Å²) in [5.74, 6) is 0.584. The topological polar surface area (TPSA) is 85.8 Å². The molecule has 0 spiro atoms. The van der Waals surface area contributed by atoms with Gasteiger partial charge in [-0.2, -0.15) is 0 Å². The third-order valence-corrected chi connectivity index (χ3v) is 4.67. The lowest BCUT2D eigenvalue weighted by molar-refractivity contribution is -0.129. The maximum atomic E-state index is 12.1. The van der Waals surface area contributed by atoms with E-state index < -0.39 is 12.1 Å². The van der Waals surface area contributed by atoms with Gasteiger partial charge in [0.05, 0.1) is 23.1 Å². The van der Waals surface area contributed by atoms with E-state index in [1.165, 1.54) is 0 Å². The zero-order valence-corrected chi connectivity index (χ0v) is 14.7. The minimum absolute atomic E-state index is 0.00268. The fraction of sp³-hybridized carbons (Fsp3) is 0.353. The Morgan fingerprint density at radius 3 is 2.84 bits per heavy atom. The first-order valence-electron chi connectivity index (χ1n) is 7.94. The maximum absolute atomic E-state index is 12.1. The summed E-state index contributed by atoms with van der Waals surface area (Å²) in [6.07, 6.45) is -1.11. The van der Waals surface area contributed by atoms with E-state index in [-0.39, 0.29) is 12.5 Å². The fourth-order valence-corrected chi connectivity index (χ4v) is 3.17. The molecule has 0 radical (unpaired) electrons. The lowest BCUT2D eigenvalue weighted by atomic mass is 10.0. The molecule has 8 heteroatoms. The van der Waals surface area contributed by atoms with Crippen LogP contribution in [0.1, 0.15) is 18.5 Å². The molecule has 1 unspecified atom stereocenters. The molecule has 2 amide bonds. The first kappa shape index (κ1) is 17.3. The summed E-state index contributed by atoms with van der Waals surface area (Å²) in [4.78, 5) is 31.4. The highest BCUT2D eigenvalue weighted by molar-refractivity contribution is 6.35. The van der Waals surface area contributed by atoms with Crippen LogP contribution in [0.5, 0.6) is 0 Å². The van der Waals surface area contributed by atoms with Crippen LogP contribution in [0, 0.1) is 0 Å². The van der Waals surface area contributed by atoms with Crippen molar-refractivity contribution in [3.63, 3.8) is 0 Å². The van der Waals surface area contributed by atoms with Gasteiger partial charge in [0.2, 0.25) is 5.91 Å². The Balaban J connectivity index is 2.11. The lowest BCUT2D eigenvalue weighted by Crippen LogP contribution is -2.49. The van der Waals surface area contributed by atoms with Gasteiger partial charge >= 0.3 is 6.09 Å². The number of nitrogens with one attached hydrogen (secondary N) is 1. The molecule has 1 fully saturated rings. The van der Waals surface area contributed by atoms with Gasteiger partial charge in [0.25, 0.3) is 0 Å². The van der Waals surface area contributed by atoms with E-state index >= 15 is 0 Å². The van der Waals surface area contributed by atoms with Gasteiger partial charge < -0.3 is 20.2 Å². The number of pyridine rings is 1. The number of halogens is 1. The number of aromatic nitrogens is 1. The summed E-state index contributed by atoms with van der Waals surface area (Å²) in [6.45, 7) is 3.16. The molecule has 1 aromatic carbocycles. The van der Waals surface area contributed by atoms with Crippen molar-refractivity contribution < 1.29 is 14.7 Å². The highest BCUT2D eigenvalue weighted by Gasteiger charge is 2.26. The van der Waals surface area contributed by atoms with Crippen molar-refractivity contribution in [3.05, 3.63) is 34.9 Å². The molecule has 2 heterocycles. The van der Waals surface area contributed by atoms with Gasteiger partial charge in [0.1, 0.15) is 5.82 Å². The number of fused-ring (bicyclic) bond motifs is 1. The fourth-order valence-electron chi connectivity index (χ4n) is 2.94. The van der Waals surface area contributed by atoms with E-state index in [4.69, 9.17) is 16.7 Å². The number of hydrogen-bond donors (Lipinski definition) is 2. The predicted octanol–water partition coefficient (Wildman–Crippen LogP) is 2.50. The molecule has 1 aliphatic heterocycles. The van der Waals surface area contributed by atoms with Crippen molar-refractivity contribution in [1.82, 2.24) is 15.2 Å². The van der Waals surface area contributed by atoms with Crippen molar-refractivity contribution in [2.45, 2.75) is 13.0 Å². The predicted molar refractivity (Wildman–Crippen MR) is 96.2 cm³/mol. The van der Waals surface area contributed by atoms with Crippen LogP contribution in [-0.2, 0) is 4.79 Å². The molecule has 1 saturated heterocycles. The molecule has 1 aliphatic rings. The summed E-state index contributed by atoms with van der Waals surface area (Å²) in [5.41, 5.74) is 1.35. The van der Waals surface area contributed by atoms with E-state index in [1.54, 1.807) is 24.9 Å². The number of benzene rings is 1. The van der Waals surface area contributed by atoms with E-state index in [1.807, 2.05) is 23.1 Å². The van der Waals surface area contributed by atoms with Gasteiger partial charge in [0.15, 0.2) is 0 Å². The number of rotatable bonds is 3. The maximum Gasteiger partial charge on any atom is 0.405 e. The summed E-state index contributed by atoms with van der Waals surface area (Å²) >= 11 is 6.27. The Morgan fingerprint density at radius 2 is 2.16 bits per heavy atom. The molecule has 3 rings (SSSR count). The highest BCUT2D eigenvalue weighted by atomic mass is 35.5. The first-order valence-corrected chi connectivity index (χ1v) is 8.32. The van der Waals surface area contributed by atoms with Crippen molar-refractivity contribution >= 4 is 40.3 Å². The smallest absolute Gasteiger partial charge is 0.405 e. The molecule has 1 atom stereocenters. The normalized spacial score (nSPS) is 16.2. The molecule has 7 nitrogen and oxygen atoms in total. The molecule has 2 N–H and O–H groups in total. The second kappa shape index (κ2) is 6.76. The van der Waals surface area contributed by atoms with Crippen LogP contribution in [0.15, 0.2) is 24.3 Å². The van der Waals surface area contributed by atoms with Crippen LogP contribution < -0.4 is 10.2 Å². The zero-order chi connectivity index (χ0) is 18.1. The second-order valence-corrected chi connectivity index (χ2v) is 6.53. The summed E-state index contributed by atoms with van der Waals surface area (Å²) in [5, 5.41) is 12.9. The number of anilines is 1. The number of carbonyl (C=O) groups excluding carboxylic acids is 1. The molecule has 132 valence electrons. The van der Waals surface area contributed by atoms with Crippen molar-refractivity contribution in [2.24, 2.45) is 0 Å². The number of hydrogen-bond acceptors (Lipinski definition) is 4. The highest BCUT2D eigenvalue weighted by Crippen LogP contribution is 2.32. The van der Waals surface area contributed by atoms with Crippen LogP contribution in [0.4, 0.5) is 10.6 Å².